The first-order valence-electron chi connectivity index (χ1n) is 9.95. The molecule has 1 saturated carbocycles. The number of halogens is 1. The van der Waals surface area contributed by atoms with Gasteiger partial charge in [-0.15, -0.1) is 22.7 Å². The molecule has 0 unspecified atom stereocenters. The summed E-state index contributed by atoms with van der Waals surface area (Å²) in [6, 6.07) is 0. The molecule has 2 amide bonds. The molecule has 0 aromatic carbocycles. The number of fused-ring (bicyclic) bond motifs is 1. The Morgan fingerprint density at radius 3 is 2.64 bits per heavy atom. The molecule has 28 heavy (non-hydrogen) atoms. The second kappa shape index (κ2) is 9.05. The summed E-state index contributed by atoms with van der Waals surface area (Å²) in [6.45, 7) is 0.447. The quantitative estimate of drug-likeness (QED) is 0.608. The third-order valence-electron chi connectivity index (χ3n) is 5.56. The fourth-order valence-corrected chi connectivity index (χ4v) is 6.68. The number of amides is 2. The highest BCUT2D eigenvalue weighted by atomic mass is 79.9. The molecule has 2 aliphatic carbocycles. The number of thiophene rings is 1. The van der Waals surface area contributed by atoms with Crippen LogP contribution in [0.25, 0.3) is 0 Å². The van der Waals surface area contributed by atoms with Gasteiger partial charge in [0.15, 0.2) is 3.92 Å². The van der Waals surface area contributed by atoms with Gasteiger partial charge >= 0.3 is 0 Å². The number of rotatable bonds is 5. The first-order valence-corrected chi connectivity index (χ1v) is 12.4. The first-order chi connectivity index (χ1) is 13.6. The molecule has 5 nitrogen and oxygen atoms in total. The van der Waals surface area contributed by atoms with Gasteiger partial charge in [-0.1, -0.05) is 19.3 Å². The molecule has 2 aliphatic rings. The number of aromatic nitrogens is 1. The van der Waals surface area contributed by atoms with E-state index in [1.807, 2.05) is 0 Å². The van der Waals surface area contributed by atoms with Crippen molar-refractivity contribution in [1.82, 2.24) is 10.3 Å². The summed E-state index contributed by atoms with van der Waals surface area (Å²) in [5.74, 6) is 0.0694. The summed E-state index contributed by atoms with van der Waals surface area (Å²) in [4.78, 5) is 32.3. The van der Waals surface area contributed by atoms with Crippen molar-refractivity contribution < 1.29 is 9.59 Å². The largest absolute Gasteiger partial charge is 0.347 e. The van der Waals surface area contributed by atoms with E-state index in [9.17, 15) is 9.59 Å². The molecule has 0 atom stereocenters. The smallest absolute Gasteiger partial charge is 0.254 e. The lowest BCUT2D eigenvalue weighted by atomic mass is 9.88. The Morgan fingerprint density at radius 2 is 1.89 bits per heavy atom. The minimum Gasteiger partial charge on any atom is -0.347 e. The number of thiazole rings is 1. The highest BCUT2D eigenvalue weighted by molar-refractivity contribution is 9.11. The van der Waals surface area contributed by atoms with Gasteiger partial charge in [0.05, 0.1) is 12.1 Å². The lowest BCUT2D eigenvalue weighted by Gasteiger charge is -2.20. The van der Waals surface area contributed by atoms with Crippen molar-refractivity contribution in [3.05, 3.63) is 31.0 Å². The summed E-state index contributed by atoms with van der Waals surface area (Å²) in [6.07, 6.45) is 11.3. The highest BCUT2D eigenvalue weighted by Gasteiger charge is 2.28. The third-order valence-corrected chi connectivity index (χ3v) is 8.24. The fraction of sp³-hybridized carbons (Fsp3) is 0.550. The topological polar surface area (TPSA) is 71.1 Å². The highest BCUT2D eigenvalue weighted by Crippen LogP contribution is 2.39. The van der Waals surface area contributed by atoms with E-state index in [0.717, 1.165) is 70.7 Å². The van der Waals surface area contributed by atoms with E-state index < -0.39 is 0 Å². The lowest BCUT2D eigenvalue weighted by Crippen LogP contribution is -2.27. The van der Waals surface area contributed by atoms with Crippen LogP contribution in [0.4, 0.5) is 5.00 Å². The van der Waals surface area contributed by atoms with E-state index in [4.69, 9.17) is 0 Å². The summed E-state index contributed by atoms with van der Waals surface area (Å²) < 4.78 is 0.810. The molecule has 1 fully saturated rings. The summed E-state index contributed by atoms with van der Waals surface area (Å²) in [7, 11) is 0. The average Bonchev–Trinajstić information content (AvgIpc) is 3.29. The minimum atomic E-state index is -0.0946. The SMILES string of the molecule is O=C(NCc1cnc(Br)s1)c1c(NC(=O)C2CCCCC2)sc2c1CCCC2. The van der Waals surface area contributed by atoms with Gasteiger partial charge in [-0.25, -0.2) is 4.98 Å². The maximum absolute atomic E-state index is 13.1. The van der Waals surface area contributed by atoms with Crippen molar-refractivity contribution in [3.63, 3.8) is 0 Å². The van der Waals surface area contributed by atoms with Crippen LogP contribution in [0.5, 0.6) is 0 Å². The lowest BCUT2D eigenvalue weighted by molar-refractivity contribution is -0.120. The van der Waals surface area contributed by atoms with Crippen molar-refractivity contribution in [3.8, 4) is 0 Å². The van der Waals surface area contributed by atoms with Gasteiger partial charge in [-0.2, -0.15) is 0 Å². The van der Waals surface area contributed by atoms with Gasteiger partial charge < -0.3 is 10.6 Å². The molecule has 150 valence electrons. The van der Waals surface area contributed by atoms with Gasteiger partial charge in [0, 0.05) is 21.9 Å². The maximum atomic E-state index is 13.1. The molecular formula is C20H24BrN3O2S2. The van der Waals surface area contributed by atoms with E-state index in [2.05, 4.69) is 31.5 Å². The van der Waals surface area contributed by atoms with Crippen LogP contribution >= 0.6 is 38.6 Å². The van der Waals surface area contributed by atoms with Crippen LogP contribution in [0.2, 0.25) is 0 Å². The van der Waals surface area contributed by atoms with E-state index in [0.29, 0.717) is 12.1 Å². The molecule has 8 heteroatoms. The number of aryl methyl sites for hydroxylation is 1. The monoisotopic (exact) mass is 481 g/mol. The van der Waals surface area contributed by atoms with Crippen molar-refractivity contribution in [2.75, 3.05) is 5.32 Å². The Bertz CT molecular complexity index is 871. The number of carbonyl (C=O) groups excluding carboxylic acids is 2. The normalized spacial score (nSPS) is 17.2. The Hall–Kier alpha value is -1.25. The van der Waals surface area contributed by atoms with E-state index >= 15 is 0 Å². The van der Waals surface area contributed by atoms with E-state index in [1.165, 1.54) is 22.6 Å². The van der Waals surface area contributed by atoms with Gasteiger partial charge in [0.25, 0.3) is 5.91 Å². The third kappa shape index (κ3) is 4.49. The second-order valence-corrected chi connectivity index (χ2v) is 11.0. The van der Waals surface area contributed by atoms with Crippen molar-refractivity contribution in [2.45, 2.75) is 64.3 Å². The predicted octanol–water partition coefficient (Wildman–Crippen LogP) is 5.29. The number of hydrogen-bond donors (Lipinski definition) is 2. The molecule has 0 radical (unpaired) electrons. The Labute approximate surface area is 181 Å². The van der Waals surface area contributed by atoms with E-state index in [1.54, 1.807) is 17.5 Å². The zero-order valence-corrected chi connectivity index (χ0v) is 18.9. The molecule has 2 aromatic heterocycles. The average molecular weight is 482 g/mol. The number of nitrogens with zero attached hydrogens (tertiary/aromatic N) is 1. The van der Waals surface area contributed by atoms with Crippen molar-refractivity contribution in [1.29, 1.82) is 0 Å². The van der Waals surface area contributed by atoms with Gasteiger partial charge in [0.2, 0.25) is 5.91 Å². The minimum absolute atomic E-state index is 0.0818. The molecule has 0 spiro atoms. The Morgan fingerprint density at radius 1 is 1.11 bits per heavy atom. The van der Waals surface area contributed by atoms with Gasteiger partial charge in [0.1, 0.15) is 5.00 Å². The first kappa shape index (κ1) is 20.0. The number of hydrogen-bond acceptors (Lipinski definition) is 5. The van der Waals surface area contributed by atoms with Gasteiger partial charge in [-0.3, -0.25) is 9.59 Å². The van der Waals surface area contributed by atoms with Crippen LogP contribution in [0.1, 0.15) is 70.6 Å². The standard InChI is InChI=1S/C20H24BrN3O2S2/c21-20-23-11-13(27-20)10-22-18(26)16-14-8-4-5-9-15(14)28-19(16)24-17(25)12-6-2-1-3-7-12/h11-12H,1-10H2,(H,22,26)(H,24,25). The second-order valence-electron chi connectivity index (χ2n) is 7.50. The number of carbonyl (C=O) groups is 2. The fourth-order valence-electron chi connectivity index (χ4n) is 4.09. The summed E-state index contributed by atoms with van der Waals surface area (Å²) in [5, 5.41) is 6.89. The van der Waals surface area contributed by atoms with Crippen LogP contribution in [0.15, 0.2) is 10.1 Å². The molecule has 2 N–H and O–H groups in total. The Kier molecular flexibility index (Phi) is 6.48. The zero-order valence-electron chi connectivity index (χ0n) is 15.7. The molecule has 0 aliphatic heterocycles. The summed E-state index contributed by atoms with van der Waals surface area (Å²) in [5.41, 5.74) is 1.82. The number of anilines is 1. The van der Waals surface area contributed by atoms with Gasteiger partial charge in [-0.05, 0) is 60.0 Å². The Balaban J connectivity index is 1.53. The van der Waals surface area contributed by atoms with Crippen LogP contribution in [-0.2, 0) is 24.2 Å². The molecule has 4 rings (SSSR count). The van der Waals surface area contributed by atoms with Crippen LogP contribution < -0.4 is 10.6 Å². The molecule has 2 heterocycles. The van der Waals surface area contributed by atoms with Crippen LogP contribution in [0, 0.1) is 5.92 Å². The van der Waals surface area contributed by atoms with Crippen molar-refractivity contribution >= 4 is 55.4 Å². The van der Waals surface area contributed by atoms with Crippen molar-refractivity contribution in [2.24, 2.45) is 5.92 Å². The maximum Gasteiger partial charge on any atom is 0.254 e. The molecule has 0 bridgehead atoms. The number of nitrogens with one attached hydrogen (secondary N) is 2. The zero-order chi connectivity index (χ0) is 19.5. The summed E-state index contributed by atoms with van der Waals surface area (Å²) >= 11 is 6.46. The van der Waals surface area contributed by atoms with Crippen LogP contribution in [-0.4, -0.2) is 16.8 Å². The molecule has 2 aromatic rings. The predicted molar refractivity (Wildman–Crippen MR) is 117 cm³/mol. The molecule has 0 saturated heterocycles. The molecular weight excluding hydrogens is 458 g/mol. The van der Waals surface area contributed by atoms with E-state index in [-0.39, 0.29) is 17.7 Å². The van der Waals surface area contributed by atoms with Crippen LogP contribution in [0.3, 0.4) is 0 Å².